The van der Waals surface area contributed by atoms with Crippen molar-refractivity contribution in [3.63, 3.8) is 0 Å². The number of H-pyrrole nitrogens is 1. The number of rotatable bonds is 6. The van der Waals surface area contributed by atoms with E-state index < -0.39 is 0 Å². The van der Waals surface area contributed by atoms with Gasteiger partial charge in [0.1, 0.15) is 6.10 Å². The summed E-state index contributed by atoms with van der Waals surface area (Å²) in [5.41, 5.74) is 4.11. The highest BCUT2D eigenvalue weighted by molar-refractivity contribution is 6.33. The summed E-state index contributed by atoms with van der Waals surface area (Å²) < 4.78 is 11.5. The average Bonchev–Trinajstić information content (AvgIpc) is 3.21. The smallest absolute Gasteiger partial charge is 0.296 e. The highest BCUT2D eigenvalue weighted by atomic mass is 35.5. The molecule has 8 nitrogen and oxygen atoms in total. The van der Waals surface area contributed by atoms with Gasteiger partial charge in [0, 0.05) is 44.4 Å². The SMILES string of the molecule is C[C@@H](C(=O)N(C)C)[C@H]1C[C@@H](Oc2nc3nc(-c4ccc(N5CCOCC5)cc4)c(Cl)cc3[nH]2)C1. The van der Waals surface area contributed by atoms with Crippen molar-refractivity contribution in [1.29, 1.82) is 0 Å². The Kier molecular flexibility index (Phi) is 6.36. The standard InChI is InChI=1S/C25H30ClN5O3/c1-15(24(32)30(2)3)17-12-19(13-17)34-25-27-21-14-20(26)22(28-23(21)29-25)16-4-6-18(7-5-16)31-8-10-33-11-9-31/h4-7,14-15,17,19H,8-13H2,1-3H3,(H,27,28,29)/t15-,17-,19+/m1/s1. The van der Waals surface area contributed by atoms with E-state index in [0.717, 1.165) is 50.2 Å². The van der Waals surface area contributed by atoms with Crippen molar-refractivity contribution in [2.24, 2.45) is 11.8 Å². The molecule has 1 aliphatic carbocycles. The van der Waals surface area contributed by atoms with E-state index in [0.29, 0.717) is 28.3 Å². The molecule has 3 heterocycles. The lowest BCUT2D eigenvalue weighted by Gasteiger charge is -2.38. The molecule has 3 aromatic rings. The first kappa shape index (κ1) is 22.9. The summed E-state index contributed by atoms with van der Waals surface area (Å²) in [7, 11) is 3.59. The van der Waals surface area contributed by atoms with Gasteiger partial charge in [-0.25, -0.2) is 4.98 Å². The van der Waals surface area contributed by atoms with Crippen molar-refractivity contribution in [1.82, 2.24) is 19.9 Å². The van der Waals surface area contributed by atoms with Gasteiger partial charge in [0.2, 0.25) is 5.91 Å². The van der Waals surface area contributed by atoms with Crippen molar-refractivity contribution in [3.8, 4) is 17.3 Å². The molecule has 1 atom stereocenters. The van der Waals surface area contributed by atoms with Gasteiger partial charge < -0.3 is 24.3 Å². The van der Waals surface area contributed by atoms with E-state index in [1.807, 2.05) is 25.1 Å². The van der Waals surface area contributed by atoms with Crippen molar-refractivity contribution in [3.05, 3.63) is 35.4 Å². The van der Waals surface area contributed by atoms with Crippen LogP contribution in [0.4, 0.5) is 5.69 Å². The monoisotopic (exact) mass is 483 g/mol. The number of amides is 1. The molecule has 1 aromatic carbocycles. The number of morpholine rings is 1. The van der Waals surface area contributed by atoms with Gasteiger partial charge in [0.05, 0.1) is 29.4 Å². The van der Waals surface area contributed by atoms with Gasteiger partial charge in [-0.3, -0.25) is 4.79 Å². The first-order chi connectivity index (χ1) is 16.4. The number of halogens is 1. The number of aromatic nitrogens is 3. The van der Waals surface area contributed by atoms with E-state index in [2.05, 4.69) is 27.0 Å². The molecule has 1 saturated carbocycles. The van der Waals surface area contributed by atoms with E-state index in [1.165, 1.54) is 5.69 Å². The molecule has 180 valence electrons. The van der Waals surface area contributed by atoms with Crippen molar-refractivity contribution < 1.29 is 14.3 Å². The van der Waals surface area contributed by atoms with E-state index in [1.54, 1.807) is 19.0 Å². The number of carbonyl (C=O) groups is 1. The molecule has 34 heavy (non-hydrogen) atoms. The molecule has 2 fully saturated rings. The maximum atomic E-state index is 12.2. The zero-order valence-electron chi connectivity index (χ0n) is 19.8. The second-order valence-corrected chi connectivity index (χ2v) is 9.78. The van der Waals surface area contributed by atoms with Gasteiger partial charge in [-0.15, -0.1) is 0 Å². The zero-order chi connectivity index (χ0) is 23.8. The lowest BCUT2D eigenvalue weighted by molar-refractivity contribution is -0.136. The Morgan fingerprint density at radius 2 is 1.91 bits per heavy atom. The van der Waals surface area contributed by atoms with E-state index in [4.69, 9.17) is 26.1 Å². The second kappa shape index (κ2) is 9.43. The molecule has 2 aromatic heterocycles. The fraction of sp³-hybridized carbons (Fsp3) is 0.480. The number of nitrogens with zero attached hydrogens (tertiary/aromatic N) is 4. The Morgan fingerprint density at radius 3 is 2.59 bits per heavy atom. The Labute approximate surface area is 204 Å². The molecule has 2 aliphatic rings. The number of hydrogen-bond acceptors (Lipinski definition) is 6. The second-order valence-electron chi connectivity index (χ2n) is 9.37. The largest absolute Gasteiger partial charge is 0.461 e. The number of pyridine rings is 1. The number of benzene rings is 1. The van der Waals surface area contributed by atoms with Crippen LogP contribution in [0.1, 0.15) is 19.8 Å². The molecule has 0 unspecified atom stereocenters. The van der Waals surface area contributed by atoms with Crippen LogP contribution >= 0.6 is 11.6 Å². The number of nitrogens with one attached hydrogen (secondary N) is 1. The number of imidazole rings is 1. The third kappa shape index (κ3) is 4.57. The summed E-state index contributed by atoms with van der Waals surface area (Å²) in [4.78, 5) is 28.6. The zero-order valence-corrected chi connectivity index (χ0v) is 20.5. The Balaban J connectivity index is 1.27. The van der Waals surface area contributed by atoms with Gasteiger partial charge in [0.25, 0.3) is 6.01 Å². The van der Waals surface area contributed by atoms with E-state index in [9.17, 15) is 4.79 Å². The number of aromatic amines is 1. The molecule has 5 rings (SSSR count). The van der Waals surface area contributed by atoms with Crippen LogP contribution in [0.25, 0.3) is 22.4 Å². The number of fused-ring (bicyclic) bond motifs is 1. The normalized spacial score (nSPS) is 21.2. The number of ether oxygens (including phenoxy) is 2. The third-order valence-electron chi connectivity index (χ3n) is 6.87. The lowest BCUT2D eigenvalue weighted by Crippen LogP contribution is -2.42. The van der Waals surface area contributed by atoms with Crippen LogP contribution < -0.4 is 9.64 Å². The van der Waals surface area contributed by atoms with Crippen LogP contribution in [-0.4, -0.2) is 72.3 Å². The highest BCUT2D eigenvalue weighted by Gasteiger charge is 2.38. The summed E-state index contributed by atoms with van der Waals surface area (Å²) in [6.45, 7) is 5.29. The minimum Gasteiger partial charge on any atom is -0.461 e. The quantitative estimate of drug-likeness (QED) is 0.570. The summed E-state index contributed by atoms with van der Waals surface area (Å²) in [5.74, 6) is 0.503. The fourth-order valence-corrected chi connectivity index (χ4v) is 4.94. The maximum absolute atomic E-state index is 12.2. The van der Waals surface area contributed by atoms with Gasteiger partial charge in [-0.05, 0) is 37.0 Å². The Bertz CT molecular complexity index is 1170. The summed E-state index contributed by atoms with van der Waals surface area (Å²) in [6.07, 6.45) is 1.73. The minimum atomic E-state index is 0.00295. The molecular weight excluding hydrogens is 454 g/mol. The van der Waals surface area contributed by atoms with Crippen LogP contribution in [0.15, 0.2) is 30.3 Å². The van der Waals surface area contributed by atoms with Crippen molar-refractivity contribution in [2.75, 3.05) is 45.3 Å². The molecule has 1 aliphatic heterocycles. The Morgan fingerprint density at radius 1 is 1.21 bits per heavy atom. The van der Waals surface area contributed by atoms with Gasteiger partial charge >= 0.3 is 0 Å². The molecular formula is C25H30ClN5O3. The number of anilines is 1. The first-order valence-electron chi connectivity index (χ1n) is 11.8. The van der Waals surface area contributed by atoms with Crippen LogP contribution in [0, 0.1) is 11.8 Å². The number of hydrogen-bond donors (Lipinski definition) is 1. The van der Waals surface area contributed by atoms with Crippen LogP contribution in [0.3, 0.4) is 0 Å². The topological polar surface area (TPSA) is 83.6 Å². The average molecular weight is 484 g/mol. The van der Waals surface area contributed by atoms with Gasteiger partial charge in [-0.2, -0.15) is 4.98 Å². The van der Waals surface area contributed by atoms with Crippen LogP contribution in [0.5, 0.6) is 6.01 Å². The van der Waals surface area contributed by atoms with E-state index >= 15 is 0 Å². The summed E-state index contributed by atoms with van der Waals surface area (Å²) in [5, 5.41) is 0.557. The van der Waals surface area contributed by atoms with Crippen molar-refractivity contribution >= 4 is 34.4 Å². The molecule has 1 amide bonds. The minimum absolute atomic E-state index is 0.00295. The summed E-state index contributed by atoms with van der Waals surface area (Å²) in [6, 6.07) is 10.6. The van der Waals surface area contributed by atoms with Gasteiger partial charge in [-0.1, -0.05) is 30.7 Å². The van der Waals surface area contributed by atoms with E-state index in [-0.39, 0.29) is 17.9 Å². The Hall–Kier alpha value is -2.84. The van der Waals surface area contributed by atoms with Crippen LogP contribution in [0.2, 0.25) is 5.02 Å². The first-order valence-corrected chi connectivity index (χ1v) is 12.1. The molecule has 0 spiro atoms. The summed E-state index contributed by atoms with van der Waals surface area (Å²) >= 11 is 6.57. The lowest BCUT2D eigenvalue weighted by atomic mass is 9.74. The maximum Gasteiger partial charge on any atom is 0.296 e. The predicted molar refractivity (Wildman–Crippen MR) is 132 cm³/mol. The molecule has 1 saturated heterocycles. The fourth-order valence-electron chi connectivity index (χ4n) is 4.68. The third-order valence-corrected chi connectivity index (χ3v) is 7.16. The molecule has 0 bridgehead atoms. The highest BCUT2D eigenvalue weighted by Crippen LogP contribution is 2.37. The van der Waals surface area contributed by atoms with Gasteiger partial charge in [0.15, 0.2) is 5.65 Å². The van der Waals surface area contributed by atoms with Crippen LogP contribution in [-0.2, 0) is 9.53 Å². The predicted octanol–water partition coefficient (Wildman–Crippen LogP) is 4.00. The number of carbonyl (C=O) groups excluding carboxylic acids is 1. The molecule has 9 heteroatoms. The molecule has 1 N–H and O–H groups in total. The molecule has 0 radical (unpaired) electrons. The van der Waals surface area contributed by atoms with Crippen molar-refractivity contribution in [2.45, 2.75) is 25.9 Å².